The molecular weight excluding hydrogens is 438 g/mol. The van der Waals surface area contributed by atoms with Gasteiger partial charge in [-0.25, -0.2) is 4.98 Å². The fourth-order valence-corrected chi connectivity index (χ4v) is 4.20. The number of benzene rings is 2. The molecule has 0 saturated heterocycles. The number of aromatic nitrogens is 4. The smallest absolute Gasteiger partial charge is 0.275 e. The molecule has 2 heterocycles. The highest BCUT2D eigenvalue weighted by Gasteiger charge is 2.20. The molecule has 2 aromatic carbocycles. The zero-order chi connectivity index (χ0) is 23.2. The van der Waals surface area contributed by atoms with Crippen LogP contribution in [-0.4, -0.2) is 50.8 Å². The van der Waals surface area contributed by atoms with Crippen LogP contribution in [0.25, 0.3) is 17.1 Å². The van der Waals surface area contributed by atoms with Gasteiger partial charge in [-0.2, -0.15) is 0 Å². The van der Waals surface area contributed by atoms with E-state index in [-0.39, 0.29) is 5.91 Å². The third kappa shape index (κ3) is 4.93. The van der Waals surface area contributed by atoms with Gasteiger partial charge in [-0.15, -0.1) is 10.2 Å². The summed E-state index contributed by atoms with van der Waals surface area (Å²) in [4.78, 5) is 18.6. The van der Waals surface area contributed by atoms with E-state index in [1.807, 2.05) is 73.0 Å². The van der Waals surface area contributed by atoms with E-state index >= 15 is 0 Å². The summed E-state index contributed by atoms with van der Waals surface area (Å²) in [7, 11) is 1.64. The largest absolute Gasteiger partial charge is 0.497 e. The Morgan fingerprint density at radius 3 is 2.61 bits per heavy atom. The van der Waals surface area contributed by atoms with Gasteiger partial charge < -0.3 is 14.1 Å². The fraction of sp³-hybridized carbons (Fsp3) is 0.250. The fourth-order valence-electron chi connectivity index (χ4n) is 3.40. The molecule has 0 aliphatic heterocycles. The summed E-state index contributed by atoms with van der Waals surface area (Å²) in [5.41, 5.74) is 2.14. The first kappa shape index (κ1) is 22.6. The summed E-state index contributed by atoms with van der Waals surface area (Å²) in [6.45, 7) is 5.13. The number of methoxy groups -OCH3 is 1. The average Bonchev–Trinajstić information content (AvgIpc) is 3.51. The zero-order valence-electron chi connectivity index (χ0n) is 18.8. The third-order valence-electron chi connectivity index (χ3n) is 5.12. The van der Waals surface area contributed by atoms with E-state index in [0.717, 1.165) is 17.0 Å². The highest BCUT2D eigenvalue weighted by atomic mass is 32.2. The maximum Gasteiger partial charge on any atom is 0.275 e. The van der Waals surface area contributed by atoms with Crippen molar-refractivity contribution < 1.29 is 13.9 Å². The maximum atomic E-state index is 12.5. The molecular formula is C24H25N5O3S. The van der Waals surface area contributed by atoms with E-state index in [0.29, 0.717) is 41.4 Å². The number of nitrogens with zero attached hydrogens (tertiary/aromatic N) is 5. The third-order valence-corrected chi connectivity index (χ3v) is 6.04. The van der Waals surface area contributed by atoms with Crippen molar-refractivity contribution in [3.05, 3.63) is 72.4 Å². The minimum absolute atomic E-state index is 0.132. The number of hydrogen-bond acceptors (Lipinski definition) is 7. The van der Waals surface area contributed by atoms with Crippen LogP contribution in [0.15, 0.2) is 70.4 Å². The maximum absolute atomic E-state index is 12.5. The van der Waals surface area contributed by atoms with Crippen molar-refractivity contribution in [1.82, 2.24) is 24.6 Å². The first-order valence-electron chi connectivity index (χ1n) is 10.7. The molecule has 8 nitrogen and oxygen atoms in total. The predicted octanol–water partition coefficient (Wildman–Crippen LogP) is 4.71. The van der Waals surface area contributed by atoms with Gasteiger partial charge in [0.05, 0.1) is 12.9 Å². The molecule has 2 aromatic heterocycles. The minimum Gasteiger partial charge on any atom is -0.497 e. The number of carbonyl (C=O) groups excluding carboxylic acids is 1. The van der Waals surface area contributed by atoms with Crippen molar-refractivity contribution in [3.8, 4) is 22.8 Å². The highest BCUT2D eigenvalue weighted by molar-refractivity contribution is 7.98. The monoisotopic (exact) mass is 463 g/mol. The quantitative estimate of drug-likeness (QED) is 0.332. The first-order chi connectivity index (χ1) is 16.1. The molecule has 0 radical (unpaired) electrons. The Labute approximate surface area is 196 Å². The van der Waals surface area contributed by atoms with E-state index in [1.165, 1.54) is 18.0 Å². The lowest BCUT2D eigenvalue weighted by molar-refractivity contribution is 0.0767. The van der Waals surface area contributed by atoms with Crippen LogP contribution < -0.4 is 4.74 Å². The van der Waals surface area contributed by atoms with E-state index in [4.69, 9.17) is 9.15 Å². The molecule has 170 valence electrons. The zero-order valence-corrected chi connectivity index (χ0v) is 19.6. The normalized spacial score (nSPS) is 10.9. The molecule has 4 rings (SSSR count). The van der Waals surface area contributed by atoms with E-state index in [9.17, 15) is 4.79 Å². The number of oxazole rings is 1. The predicted molar refractivity (Wildman–Crippen MR) is 127 cm³/mol. The summed E-state index contributed by atoms with van der Waals surface area (Å²) in [5, 5.41) is 9.57. The SMILES string of the molecule is CCN(CC)C(=O)c1coc(CSc2nnc(-c3cccc(OC)c3)n2-c2ccccc2)n1. The molecule has 0 bridgehead atoms. The molecule has 0 atom stereocenters. The Hall–Kier alpha value is -3.59. The van der Waals surface area contributed by atoms with Crippen LogP contribution in [0, 0.1) is 0 Å². The van der Waals surface area contributed by atoms with Gasteiger partial charge in [0.1, 0.15) is 12.0 Å². The van der Waals surface area contributed by atoms with Crippen LogP contribution in [-0.2, 0) is 5.75 Å². The molecule has 9 heteroatoms. The second-order valence-electron chi connectivity index (χ2n) is 7.10. The van der Waals surface area contributed by atoms with Gasteiger partial charge in [0, 0.05) is 24.3 Å². The van der Waals surface area contributed by atoms with Crippen molar-refractivity contribution in [3.63, 3.8) is 0 Å². The van der Waals surface area contributed by atoms with Gasteiger partial charge in [-0.1, -0.05) is 42.1 Å². The second-order valence-corrected chi connectivity index (χ2v) is 8.04. The van der Waals surface area contributed by atoms with Crippen molar-refractivity contribution in [2.45, 2.75) is 24.8 Å². The topological polar surface area (TPSA) is 86.3 Å². The lowest BCUT2D eigenvalue weighted by Crippen LogP contribution is -2.30. The van der Waals surface area contributed by atoms with Gasteiger partial charge in [-0.05, 0) is 38.1 Å². The Bertz CT molecular complexity index is 1220. The Morgan fingerprint density at radius 1 is 1.09 bits per heavy atom. The molecule has 33 heavy (non-hydrogen) atoms. The van der Waals surface area contributed by atoms with E-state index < -0.39 is 0 Å². The van der Waals surface area contributed by atoms with Gasteiger partial charge in [0.25, 0.3) is 5.91 Å². The Morgan fingerprint density at radius 2 is 1.88 bits per heavy atom. The molecule has 0 aliphatic carbocycles. The lowest BCUT2D eigenvalue weighted by Gasteiger charge is -2.16. The van der Waals surface area contributed by atoms with Crippen LogP contribution in [0.3, 0.4) is 0 Å². The molecule has 0 saturated carbocycles. The summed E-state index contributed by atoms with van der Waals surface area (Å²) >= 11 is 1.44. The van der Waals surface area contributed by atoms with Crippen molar-refractivity contribution in [2.24, 2.45) is 0 Å². The first-order valence-corrected chi connectivity index (χ1v) is 11.6. The average molecular weight is 464 g/mol. The Balaban J connectivity index is 1.61. The molecule has 0 fully saturated rings. The molecule has 0 spiro atoms. The number of carbonyl (C=O) groups is 1. The van der Waals surface area contributed by atoms with Crippen molar-refractivity contribution in [1.29, 1.82) is 0 Å². The Kier molecular flexibility index (Phi) is 7.09. The number of rotatable bonds is 9. The van der Waals surface area contributed by atoms with Crippen LogP contribution in [0.1, 0.15) is 30.2 Å². The van der Waals surface area contributed by atoms with Crippen molar-refractivity contribution in [2.75, 3.05) is 20.2 Å². The molecule has 4 aromatic rings. The lowest BCUT2D eigenvalue weighted by atomic mass is 10.2. The molecule has 0 N–H and O–H groups in total. The summed E-state index contributed by atoms with van der Waals surface area (Å²) in [6, 6.07) is 17.6. The summed E-state index contributed by atoms with van der Waals surface area (Å²) in [5.74, 6) is 2.19. The highest BCUT2D eigenvalue weighted by Crippen LogP contribution is 2.31. The summed E-state index contributed by atoms with van der Waals surface area (Å²) < 4.78 is 12.9. The summed E-state index contributed by atoms with van der Waals surface area (Å²) in [6.07, 6.45) is 1.42. The van der Waals surface area contributed by atoms with Crippen LogP contribution in [0.2, 0.25) is 0 Å². The van der Waals surface area contributed by atoms with Gasteiger partial charge in [0.2, 0.25) is 5.89 Å². The minimum atomic E-state index is -0.132. The second kappa shape index (κ2) is 10.4. The molecule has 0 aliphatic rings. The van der Waals surface area contributed by atoms with E-state index in [1.54, 1.807) is 12.0 Å². The van der Waals surface area contributed by atoms with Crippen LogP contribution in [0.4, 0.5) is 0 Å². The standard InChI is InChI=1S/C24H25N5O3S/c1-4-28(5-2)23(30)20-15-32-21(25-20)16-33-24-27-26-22(17-10-9-13-19(14-17)31-3)29(24)18-11-7-6-8-12-18/h6-15H,4-5,16H2,1-3H3. The number of ether oxygens (including phenoxy) is 1. The van der Waals surface area contributed by atoms with Crippen molar-refractivity contribution >= 4 is 17.7 Å². The number of amides is 1. The van der Waals surface area contributed by atoms with Gasteiger partial charge >= 0.3 is 0 Å². The number of hydrogen-bond donors (Lipinski definition) is 0. The number of thioether (sulfide) groups is 1. The van der Waals surface area contributed by atoms with Gasteiger partial charge in [0.15, 0.2) is 16.7 Å². The van der Waals surface area contributed by atoms with E-state index in [2.05, 4.69) is 15.2 Å². The molecule has 1 amide bonds. The molecule has 0 unspecified atom stereocenters. The van der Waals surface area contributed by atoms with Crippen LogP contribution in [0.5, 0.6) is 5.75 Å². The van der Waals surface area contributed by atoms with Gasteiger partial charge in [-0.3, -0.25) is 9.36 Å². The van der Waals surface area contributed by atoms with Crippen LogP contribution >= 0.6 is 11.8 Å². The number of para-hydroxylation sites is 1.